The Kier molecular flexibility index (Phi) is 4.45. The van der Waals surface area contributed by atoms with Crippen molar-refractivity contribution < 1.29 is 9.53 Å². The van der Waals surface area contributed by atoms with E-state index in [0.29, 0.717) is 0 Å². The van der Waals surface area contributed by atoms with E-state index in [4.69, 9.17) is 4.74 Å². The third-order valence-electron chi connectivity index (χ3n) is 5.99. The molecule has 2 heterocycles. The summed E-state index contributed by atoms with van der Waals surface area (Å²) in [5.41, 5.74) is 3.91. The fourth-order valence-corrected chi connectivity index (χ4v) is 4.32. The van der Waals surface area contributed by atoms with E-state index in [1.165, 1.54) is 16.9 Å². The molecule has 2 aromatic rings. The first-order chi connectivity index (χ1) is 12.7. The van der Waals surface area contributed by atoms with E-state index in [-0.39, 0.29) is 5.78 Å². The fraction of sp³-hybridized carbons (Fsp3) is 0.409. The third-order valence-corrected chi connectivity index (χ3v) is 5.99. The molecule has 4 heteroatoms. The zero-order chi connectivity index (χ0) is 18.1. The molecule has 0 saturated carbocycles. The Bertz CT molecular complexity index is 796. The molecule has 4 nitrogen and oxygen atoms in total. The predicted molar refractivity (Wildman–Crippen MR) is 105 cm³/mol. The number of morpholine rings is 1. The first-order valence-electron chi connectivity index (χ1n) is 9.45. The summed E-state index contributed by atoms with van der Waals surface area (Å²) in [4.78, 5) is 18.0. The lowest BCUT2D eigenvalue weighted by Crippen LogP contribution is -2.51. The number of ether oxygens (including phenoxy) is 1. The maximum Gasteiger partial charge on any atom is 0.188 e. The number of nitrogens with zero attached hydrogens (tertiary/aromatic N) is 2. The second-order valence-electron chi connectivity index (χ2n) is 7.23. The normalized spacial score (nSPS) is 22.4. The molecule has 0 N–H and O–H groups in total. The molecule has 1 fully saturated rings. The van der Waals surface area contributed by atoms with Crippen LogP contribution in [0.4, 0.5) is 11.4 Å². The number of hydrogen-bond acceptors (Lipinski definition) is 4. The zero-order valence-corrected chi connectivity index (χ0v) is 15.6. The smallest absolute Gasteiger partial charge is 0.188 e. The highest BCUT2D eigenvalue weighted by molar-refractivity contribution is 6.07. The molecule has 0 amide bonds. The number of carbonyl (C=O) groups excluding carboxylic acids is 1. The number of Topliss-reactive ketones (excluding diaryl/α,β-unsaturated/α-hetero) is 1. The van der Waals surface area contributed by atoms with Crippen LogP contribution >= 0.6 is 0 Å². The van der Waals surface area contributed by atoms with Gasteiger partial charge in [-0.1, -0.05) is 25.1 Å². The summed E-state index contributed by atoms with van der Waals surface area (Å²) >= 11 is 0. The first-order valence-corrected chi connectivity index (χ1v) is 9.45. The summed E-state index contributed by atoms with van der Waals surface area (Å²) in [7, 11) is 2.05. The van der Waals surface area contributed by atoms with E-state index in [9.17, 15) is 4.79 Å². The fourth-order valence-electron chi connectivity index (χ4n) is 4.32. The van der Waals surface area contributed by atoms with Crippen molar-refractivity contribution in [1.29, 1.82) is 0 Å². The van der Waals surface area contributed by atoms with Gasteiger partial charge in [-0.3, -0.25) is 4.79 Å². The second-order valence-corrected chi connectivity index (χ2v) is 7.23. The predicted octanol–water partition coefficient (Wildman–Crippen LogP) is 3.55. The van der Waals surface area contributed by atoms with Gasteiger partial charge in [0.2, 0.25) is 0 Å². The molecule has 0 radical (unpaired) electrons. The van der Waals surface area contributed by atoms with Gasteiger partial charge in [-0.15, -0.1) is 0 Å². The maximum atomic E-state index is 13.5. The minimum absolute atomic E-state index is 0.215. The van der Waals surface area contributed by atoms with Crippen LogP contribution in [0.25, 0.3) is 0 Å². The molecule has 0 bridgehead atoms. The minimum atomic E-state index is -0.482. The molecule has 1 atom stereocenters. The lowest BCUT2D eigenvalue weighted by molar-refractivity contribution is 0.0886. The number of likely N-dealkylation sites (N-methyl/N-ethyl adjacent to an activating group) is 1. The lowest BCUT2D eigenvalue weighted by Gasteiger charge is -2.36. The summed E-state index contributed by atoms with van der Waals surface area (Å²) in [5, 5.41) is 0. The summed E-state index contributed by atoms with van der Waals surface area (Å²) in [6.07, 6.45) is 1.57. The average molecular weight is 350 g/mol. The van der Waals surface area contributed by atoms with Crippen molar-refractivity contribution in [2.75, 3.05) is 43.2 Å². The number of rotatable bonds is 4. The van der Waals surface area contributed by atoms with Gasteiger partial charge in [0.05, 0.1) is 13.2 Å². The second kappa shape index (κ2) is 6.76. The van der Waals surface area contributed by atoms with E-state index >= 15 is 0 Å². The van der Waals surface area contributed by atoms with Crippen LogP contribution in [0.2, 0.25) is 0 Å². The number of carbonyl (C=O) groups is 1. The highest BCUT2D eigenvalue weighted by Crippen LogP contribution is 2.41. The number of benzene rings is 2. The monoisotopic (exact) mass is 350 g/mol. The summed E-state index contributed by atoms with van der Waals surface area (Å²) in [5.74, 6) is 0.215. The van der Waals surface area contributed by atoms with Crippen molar-refractivity contribution in [3.8, 4) is 0 Å². The Morgan fingerprint density at radius 2 is 1.77 bits per heavy atom. The summed E-state index contributed by atoms with van der Waals surface area (Å²) in [6.45, 7) is 5.46. The molecule has 0 aliphatic carbocycles. The molecule has 0 spiro atoms. The third kappa shape index (κ3) is 2.69. The highest BCUT2D eigenvalue weighted by atomic mass is 16.5. The van der Waals surface area contributed by atoms with Crippen LogP contribution in [-0.4, -0.2) is 44.7 Å². The molecule has 136 valence electrons. The topological polar surface area (TPSA) is 32.8 Å². The van der Waals surface area contributed by atoms with E-state index in [1.807, 2.05) is 18.2 Å². The minimum Gasteiger partial charge on any atom is -0.378 e. The van der Waals surface area contributed by atoms with Gasteiger partial charge in [0.15, 0.2) is 5.78 Å². The van der Waals surface area contributed by atoms with Crippen LogP contribution in [0.5, 0.6) is 0 Å². The van der Waals surface area contributed by atoms with E-state index in [2.05, 4.69) is 54.1 Å². The van der Waals surface area contributed by atoms with Gasteiger partial charge in [-0.25, -0.2) is 0 Å². The molecule has 0 aromatic heterocycles. The summed E-state index contributed by atoms with van der Waals surface area (Å²) < 4.78 is 5.42. The Balaban J connectivity index is 1.60. The molecule has 2 aliphatic heterocycles. The summed E-state index contributed by atoms with van der Waals surface area (Å²) in [6, 6.07) is 16.5. The van der Waals surface area contributed by atoms with Gasteiger partial charge in [0, 0.05) is 43.5 Å². The molecule has 2 aromatic carbocycles. The molecule has 1 saturated heterocycles. The highest BCUT2D eigenvalue weighted by Gasteiger charge is 2.46. The largest absolute Gasteiger partial charge is 0.378 e. The van der Waals surface area contributed by atoms with Crippen LogP contribution in [-0.2, 0) is 11.2 Å². The SMILES string of the molecule is CCC1(C(=O)c2ccc(N3CCOCC3)cc2)Cc2ccccc2N1C. The Morgan fingerprint density at radius 3 is 2.42 bits per heavy atom. The van der Waals surface area contributed by atoms with Crippen molar-refractivity contribution in [2.45, 2.75) is 25.3 Å². The van der Waals surface area contributed by atoms with Crippen molar-refractivity contribution in [1.82, 2.24) is 0 Å². The van der Waals surface area contributed by atoms with Crippen LogP contribution in [0.3, 0.4) is 0 Å². The van der Waals surface area contributed by atoms with E-state index in [0.717, 1.165) is 44.7 Å². The zero-order valence-electron chi connectivity index (χ0n) is 15.6. The van der Waals surface area contributed by atoms with E-state index < -0.39 is 5.54 Å². The lowest BCUT2D eigenvalue weighted by atomic mass is 9.83. The molecular weight excluding hydrogens is 324 g/mol. The molecule has 1 unspecified atom stereocenters. The van der Waals surface area contributed by atoms with Gasteiger partial charge in [-0.2, -0.15) is 0 Å². The van der Waals surface area contributed by atoms with Gasteiger partial charge in [-0.05, 0) is 42.3 Å². The Morgan fingerprint density at radius 1 is 1.08 bits per heavy atom. The average Bonchev–Trinajstić information content (AvgIpc) is 3.01. The van der Waals surface area contributed by atoms with E-state index in [1.54, 1.807) is 0 Å². The quantitative estimate of drug-likeness (QED) is 0.790. The van der Waals surface area contributed by atoms with Gasteiger partial charge < -0.3 is 14.5 Å². The van der Waals surface area contributed by atoms with Crippen molar-refractivity contribution in [3.63, 3.8) is 0 Å². The van der Waals surface area contributed by atoms with Crippen LogP contribution in [0, 0.1) is 0 Å². The van der Waals surface area contributed by atoms with Gasteiger partial charge >= 0.3 is 0 Å². The maximum absolute atomic E-state index is 13.5. The molecule has 26 heavy (non-hydrogen) atoms. The first kappa shape index (κ1) is 17.1. The number of hydrogen-bond donors (Lipinski definition) is 0. The van der Waals surface area contributed by atoms with Crippen molar-refractivity contribution in [3.05, 3.63) is 59.7 Å². The molecule has 2 aliphatic rings. The number of fused-ring (bicyclic) bond motifs is 1. The Hall–Kier alpha value is -2.33. The molecule has 4 rings (SSSR count). The number of anilines is 2. The van der Waals surface area contributed by atoms with Gasteiger partial charge in [0.1, 0.15) is 5.54 Å². The van der Waals surface area contributed by atoms with Crippen LogP contribution in [0.1, 0.15) is 29.3 Å². The van der Waals surface area contributed by atoms with Crippen LogP contribution < -0.4 is 9.80 Å². The standard InChI is InChI=1S/C22H26N2O2/c1-3-22(16-18-6-4-5-7-20(18)23(22)2)21(25)17-8-10-19(11-9-17)24-12-14-26-15-13-24/h4-11H,3,12-16H2,1-2H3. The van der Waals surface area contributed by atoms with Crippen molar-refractivity contribution in [2.24, 2.45) is 0 Å². The van der Waals surface area contributed by atoms with Gasteiger partial charge in [0.25, 0.3) is 0 Å². The number of para-hydroxylation sites is 1. The Labute approximate surface area is 155 Å². The van der Waals surface area contributed by atoms with Crippen molar-refractivity contribution >= 4 is 17.2 Å². The number of ketones is 1. The van der Waals surface area contributed by atoms with Crippen LogP contribution in [0.15, 0.2) is 48.5 Å². The molecular formula is C22H26N2O2.